The molecule has 1 amide bonds. The van der Waals surface area contributed by atoms with E-state index in [1.165, 1.54) is 4.90 Å². The van der Waals surface area contributed by atoms with Crippen LogP contribution in [0.4, 0.5) is 4.79 Å². The Labute approximate surface area is 166 Å². The maximum absolute atomic E-state index is 12.5. The van der Waals surface area contributed by atoms with Gasteiger partial charge >= 0.3 is 6.09 Å². The number of likely N-dealkylation sites (tertiary alicyclic amines) is 1. The molecular weight excluding hydrogens is 362 g/mol. The predicted molar refractivity (Wildman–Crippen MR) is 102 cm³/mol. The van der Waals surface area contributed by atoms with Crippen molar-refractivity contribution in [3.63, 3.8) is 0 Å². The summed E-state index contributed by atoms with van der Waals surface area (Å²) >= 11 is 0. The van der Waals surface area contributed by atoms with Gasteiger partial charge < -0.3 is 29.0 Å². The number of epoxide rings is 2. The van der Waals surface area contributed by atoms with Gasteiger partial charge in [0.25, 0.3) is 0 Å². The molecule has 3 saturated heterocycles. The number of methoxy groups -OCH3 is 1. The van der Waals surface area contributed by atoms with Gasteiger partial charge in [0.15, 0.2) is 0 Å². The molecule has 28 heavy (non-hydrogen) atoms. The Kier molecular flexibility index (Phi) is 4.81. The average molecular weight is 395 g/mol. The predicted octanol–water partition coefficient (Wildman–Crippen LogP) is 2.12. The van der Waals surface area contributed by atoms with Crippen LogP contribution in [-0.4, -0.2) is 78.0 Å². The van der Waals surface area contributed by atoms with Crippen LogP contribution in [-0.2, 0) is 18.9 Å². The molecule has 1 spiro atoms. The van der Waals surface area contributed by atoms with E-state index in [0.29, 0.717) is 32.0 Å². The molecule has 4 rings (SSSR count). The lowest BCUT2D eigenvalue weighted by Gasteiger charge is -2.46. The van der Waals surface area contributed by atoms with Gasteiger partial charge in [0.2, 0.25) is 0 Å². The molecule has 158 valence electrons. The minimum absolute atomic E-state index is 0.00198. The molecule has 4 fully saturated rings. The summed E-state index contributed by atoms with van der Waals surface area (Å²) < 4.78 is 23.7. The minimum Gasteiger partial charge on any atom is -0.443 e. The highest BCUT2D eigenvalue weighted by Crippen LogP contribution is 2.59. The van der Waals surface area contributed by atoms with Crippen molar-refractivity contribution < 1.29 is 28.8 Å². The number of carbonyl (C=O) groups excluding carboxylic acids is 1. The topological polar surface area (TPSA) is 84.1 Å². The lowest BCUT2D eigenvalue weighted by molar-refractivity contribution is -0.133. The lowest BCUT2D eigenvalue weighted by Crippen LogP contribution is -2.63. The van der Waals surface area contributed by atoms with E-state index in [9.17, 15) is 9.90 Å². The SMILES string of the molecule is CO[C@H]1C(C2(C)O[C@@H]2/C=C/C(C)C)[C@]2(CC[C@H]1OC(=O)N1CC(C)(O)C1)CO2. The highest BCUT2D eigenvalue weighted by atomic mass is 16.6. The molecule has 2 unspecified atom stereocenters. The fraction of sp³-hybridized carbons (Fsp3) is 0.857. The average Bonchev–Trinajstić information content (AvgIpc) is 3.50. The molecule has 7 nitrogen and oxygen atoms in total. The van der Waals surface area contributed by atoms with Crippen LogP contribution in [0.3, 0.4) is 0 Å². The first kappa shape index (κ1) is 20.1. The van der Waals surface area contributed by atoms with Crippen molar-refractivity contribution in [3.8, 4) is 0 Å². The highest BCUT2D eigenvalue weighted by molar-refractivity contribution is 5.69. The van der Waals surface area contributed by atoms with Crippen molar-refractivity contribution in [2.45, 2.75) is 75.7 Å². The molecular formula is C21H33NO6. The second-order valence-electron chi connectivity index (χ2n) is 9.70. The molecule has 0 aromatic carbocycles. The Balaban J connectivity index is 1.47. The van der Waals surface area contributed by atoms with Gasteiger partial charge in [-0.05, 0) is 32.6 Å². The fourth-order valence-corrected chi connectivity index (χ4v) is 5.05. The van der Waals surface area contributed by atoms with Crippen molar-refractivity contribution in [1.29, 1.82) is 0 Å². The summed E-state index contributed by atoms with van der Waals surface area (Å²) in [6.45, 7) is 9.42. The van der Waals surface area contributed by atoms with E-state index in [4.69, 9.17) is 18.9 Å². The Morgan fingerprint density at radius 3 is 2.54 bits per heavy atom. The van der Waals surface area contributed by atoms with Gasteiger partial charge in [-0.15, -0.1) is 0 Å². The quantitative estimate of drug-likeness (QED) is 0.567. The number of hydrogen-bond donors (Lipinski definition) is 1. The number of nitrogens with zero attached hydrogens (tertiary/aromatic N) is 1. The molecule has 0 radical (unpaired) electrons. The Bertz CT molecular complexity index is 649. The van der Waals surface area contributed by atoms with Gasteiger partial charge in [-0.25, -0.2) is 4.79 Å². The van der Waals surface area contributed by atoms with Crippen LogP contribution in [0.2, 0.25) is 0 Å². The number of carbonyl (C=O) groups is 1. The normalized spacial score (nSPS) is 44.0. The molecule has 0 aromatic heterocycles. The Morgan fingerprint density at radius 1 is 1.32 bits per heavy atom. The second-order valence-corrected chi connectivity index (χ2v) is 9.70. The largest absolute Gasteiger partial charge is 0.443 e. The van der Waals surface area contributed by atoms with E-state index >= 15 is 0 Å². The molecule has 4 aliphatic rings. The number of aliphatic hydroxyl groups is 1. The maximum Gasteiger partial charge on any atom is 0.410 e. The van der Waals surface area contributed by atoms with Crippen molar-refractivity contribution in [3.05, 3.63) is 12.2 Å². The highest BCUT2D eigenvalue weighted by Gasteiger charge is 2.72. The van der Waals surface area contributed by atoms with Crippen molar-refractivity contribution >= 4 is 6.09 Å². The maximum atomic E-state index is 12.5. The number of hydrogen-bond acceptors (Lipinski definition) is 6. The summed E-state index contributed by atoms with van der Waals surface area (Å²) in [6, 6.07) is 0. The van der Waals surface area contributed by atoms with Crippen molar-refractivity contribution in [2.75, 3.05) is 26.8 Å². The standard InChI is InChI=1S/C21H33NO6/c1-13(2)6-7-15-20(4,28-15)17-16(25-5)14(8-9-21(17)12-26-21)27-18(23)22-10-19(3,24)11-22/h6-7,13-17,24H,8-12H2,1-5H3/b7-6+/t14-,15-,16-,17?,20?,21+/m1/s1. The van der Waals surface area contributed by atoms with Gasteiger partial charge in [0, 0.05) is 7.11 Å². The molecule has 1 aliphatic carbocycles. The molecule has 6 atom stereocenters. The van der Waals surface area contributed by atoms with E-state index in [-0.39, 0.29) is 41.5 Å². The van der Waals surface area contributed by atoms with E-state index in [0.717, 1.165) is 6.42 Å². The van der Waals surface area contributed by atoms with Crippen LogP contribution < -0.4 is 0 Å². The molecule has 1 N–H and O–H groups in total. The van der Waals surface area contributed by atoms with Crippen molar-refractivity contribution in [1.82, 2.24) is 4.90 Å². The minimum atomic E-state index is -0.814. The summed E-state index contributed by atoms with van der Waals surface area (Å²) in [7, 11) is 1.67. The number of amides is 1. The van der Waals surface area contributed by atoms with Gasteiger partial charge in [-0.3, -0.25) is 0 Å². The van der Waals surface area contributed by atoms with E-state index in [2.05, 4.69) is 32.9 Å². The number of β-amino-alcohol motifs (C(OH)–C–C–N with tert-alkyl or cyclic N) is 1. The Hall–Kier alpha value is -1.15. The van der Waals surface area contributed by atoms with Crippen LogP contribution in [0.5, 0.6) is 0 Å². The molecule has 3 aliphatic heterocycles. The van der Waals surface area contributed by atoms with Crippen LogP contribution in [0.1, 0.15) is 40.5 Å². The van der Waals surface area contributed by atoms with Gasteiger partial charge in [0.05, 0.1) is 31.2 Å². The van der Waals surface area contributed by atoms with Gasteiger partial charge in [-0.1, -0.05) is 26.0 Å². The fourth-order valence-electron chi connectivity index (χ4n) is 5.05. The molecule has 0 aromatic rings. The zero-order valence-electron chi connectivity index (χ0n) is 17.5. The molecule has 3 heterocycles. The first-order chi connectivity index (χ1) is 13.1. The summed E-state index contributed by atoms with van der Waals surface area (Å²) in [5.74, 6) is 0.462. The summed E-state index contributed by atoms with van der Waals surface area (Å²) in [4.78, 5) is 14.0. The number of allylic oxidation sites excluding steroid dienone is 1. The van der Waals surface area contributed by atoms with Crippen molar-refractivity contribution in [2.24, 2.45) is 11.8 Å². The van der Waals surface area contributed by atoms with E-state index in [1.54, 1.807) is 14.0 Å². The molecule has 0 bridgehead atoms. The Morgan fingerprint density at radius 2 is 2.00 bits per heavy atom. The monoisotopic (exact) mass is 395 g/mol. The third kappa shape index (κ3) is 3.47. The van der Waals surface area contributed by atoms with Crippen LogP contribution >= 0.6 is 0 Å². The second kappa shape index (κ2) is 6.69. The number of rotatable bonds is 5. The summed E-state index contributed by atoms with van der Waals surface area (Å²) in [5.41, 5.74) is -1.43. The van der Waals surface area contributed by atoms with Gasteiger partial charge in [-0.2, -0.15) is 0 Å². The lowest BCUT2D eigenvalue weighted by atomic mass is 9.68. The van der Waals surface area contributed by atoms with E-state index < -0.39 is 5.60 Å². The molecule has 1 saturated carbocycles. The zero-order valence-corrected chi connectivity index (χ0v) is 17.5. The van der Waals surface area contributed by atoms with Crippen LogP contribution in [0.15, 0.2) is 12.2 Å². The van der Waals surface area contributed by atoms with Crippen LogP contribution in [0.25, 0.3) is 0 Å². The summed E-state index contributed by atoms with van der Waals surface area (Å²) in [6.07, 6.45) is 4.82. The van der Waals surface area contributed by atoms with Gasteiger partial charge in [0.1, 0.15) is 29.5 Å². The van der Waals surface area contributed by atoms with Crippen LogP contribution in [0, 0.1) is 11.8 Å². The summed E-state index contributed by atoms with van der Waals surface area (Å²) in [5, 5.41) is 9.88. The third-order valence-electron chi connectivity index (χ3n) is 6.65. The number of ether oxygens (including phenoxy) is 4. The first-order valence-electron chi connectivity index (χ1n) is 10.3. The first-order valence-corrected chi connectivity index (χ1v) is 10.3. The van der Waals surface area contributed by atoms with E-state index in [1.807, 2.05) is 0 Å². The molecule has 7 heteroatoms. The zero-order chi connectivity index (χ0) is 20.3. The third-order valence-corrected chi connectivity index (χ3v) is 6.65. The smallest absolute Gasteiger partial charge is 0.410 e.